The van der Waals surface area contributed by atoms with Crippen molar-refractivity contribution >= 4 is 18.4 Å². The van der Waals surface area contributed by atoms with Gasteiger partial charge in [0.05, 0.1) is 12.5 Å². The average Bonchev–Trinajstić information content (AvgIpc) is 3.08. The molecule has 0 spiro atoms. The number of aromatic amines is 1. The molecular weight excluding hydrogens is 279 g/mol. The van der Waals surface area contributed by atoms with Crippen molar-refractivity contribution in [1.29, 1.82) is 0 Å². The van der Waals surface area contributed by atoms with Crippen molar-refractivity contribution in [1.82, 2.24) is 14.9 Å². The molecule has 0 aliphatic heterocycles. The third kappa shape index (κ3) is 2.30. The number of benzene rings is 1. The minimum absolute atomic E-state index is 0.295. The lowest BCUT2D eigenvalue weighted by Gasteiger charge is -1.98. The summed E-state index contributed by atoms with van der Waals surface area (Å²) in [7, 11) is 0. The highest BCUT2D eigenvalue weighted by Gasteiger charge is 2.10. The molecule has 2 heterocycles. The van der Waals surface area contributed by atoms with Gasteiger partial charge in [0.25, 0.3) is 0 Å². The summed E-state index contributed by atoms with van der Waals surface area (Å²) in [5, 5.41) is 10.8. The van der Waals surface area contributed by atoms with Crippen molar-refractivity contribution < 1.29 is 8.81 Å². The summed E-state index contributed by atoms with van der Waals surface area (Å²) in [6.45, 7) is 0. The smallest absolute Gasteiger partial charge is 0.219 e. The van der Waals surface area contributed by atoms with Gasteiger partial charge in [-0.25, -0.2) is 9.49 Å². The number of furan rings is 1. The second-order valence-electron chi connectivity index (χ2n) is 3.91. The Morgan fingerprint density at radius 2 is 2.15 bits per heavy atom. The molecule has 7 heteroatoms. The van der Waals surface area contributed by atoms with Crippen molar-refractivity contribution in [3.05, 3.63) is 58.8 Å². The van der Waals surface area contributed by atoms with E-state index in [9.17, 15) is 4.39 Å². The minimum atomic E-state index is -0.356. The van der Waals surface area contributed by atoms with E-state index in [0.29, 0.717) is 21.9 Å². The van der Waals surface area contributed by atoms with Crippen LogP contribution in [0.4, 0.5) is 4.39 Å². The average molecular weight is 288 g/mol. The number of hydrogen-bond donors (Lipinski definition) is 1. The highest BCUT2D eigenvalue weighted by atomic mass is 32.1. The van der Waals surface area contributed by atoms with Gasteiger partial charge >= 0.3 is 0 Å². The predicted molar refractivity (Wildman–Crippen MR) is 74.5 cm³/mol. The lowest BCUT2D eigenvalue weighted by Crippen LogP contribution is -1.95. The Morgan fingerprint density at radius 1 is 1.30 bits per heavy atom. The van der Waals surface area contributed by atoms with Crippen molar-refractivity contribution in [2.24, 2.45) is 5.10 Å². The maximum atomic E-state index is 13.5. The monoisotopic (exact) mass is 288 g/mol. The molecule has 0 atom stereocenters. The van der Waals surface area contributed by atoms with E-state index < -0.39 is 0 Å². The molecule has 1 aromatic carbocycles. The van der Waals surface area contributed by atoms with Crippen LogP contribution in [0.1, 0.15) is 5.56 Å². The van der Waals surface area contributed by atoms with E-state index in [-0.39, 0.29) is 5.82 Å². The van der Waals surface area contributed by atoms with Gasteiger partial charge in [0.1, 0.15) is 5.82 Å². The molecule has 0 amide bonds. The molecule has 100 valence electrons. The molecule has 20 heavy (non-hydrogen) atoms. The first-order chi connectivity index (χ1) is 9.75. The van der Waals surface area contributed by atoms with Gasteiger partial charge in [-0.2, -0.15) is 9.78 Å². The highest BCUT2D eigenvalue weighted by molar-refractivity contribution is 7.71. The maximum Gasteiger partial charge on any atom is 0.219 e. The van der Waals surface area contributed by atoms with Gasteiger partial charge in [-0.15, -0.1) is 5.10 Å². The number of H-pyrrole nitrogens is 1. The third-order valence-corrected chi connectivity index (χ3v) is 2.87. The fraction of sp³-hybridized carbons (Fsp3) is 0. The normalized spacial score (nSPS) is 11.2. The van der Waals surface area contributed by atoms with E-state index in [1.807, 2.05) is 0 Å². The van der Waals surface area contributed by atoms with Crippen LogP contribution in [0.3, 0.4) is 0 Å². The van der Waals surface area contributed by atoms with Gasteiger partial charge in [0.2, 0.25) is 10.6 Å². The summed E-state index contributed by atoms with van der Waals surface area (Å²) in [4.78, 5) is 0. The second kappa shape index (κ2) is 5.22. The van der Waals surface area contributed by atoms with E-state index in [4.69, 9.17) is 16.6 Å². The van der Waals surface area contributed by atoms with Crippen LogP contribution in [-0.4, -0.2) is 21.1 Å². The zero-order valence-corrected chi connectivity index (χ0v) is 11.0. The first-order valence-corrected chi connectivity index (χ1v) is 6.17. The summed E-state index contributed by atoms with van der Waals surface area (Å²) in [5.41, 5.74) is 0.362. The molecule has 0 aliphatic carbocycles. The van der Waals surface area contributed by atoms with Crippen LogP contribution in [0.25, 0.3) is 11.6 Å². The minimum Gasteiger partial charge on any atom is -0.461 e. The molecule has 0 aliphatic rings. The van der Waals surface area contributed by atoms with Crippen molar-refractivity contribution in [3.8, 4) is 11.6 Å². The van der Waals surface area contributed by atoms with Gasteiger partial charge in [-0.05, 0) is 30.4 Å². The first-order valence-electron chi connectivity index (χ1n) is 5.76. The predicted octanol–water partition coefficient (Wildman–Crippen LogP) is 3.22. The summed E-state index contributed by atoms with van der Waals surface area (Å²) < 4.78 is 20.4. The quantitative estimate of drug-likeness (QED) is 0.594. The highest BCUT2D eigenvalue weighted by Crippen LogP contribution is 2.17. The summed E-state index contributed by atoms with van der Waals surface area (Å²) in [6, 6.07) is 9.80. The third-order valence-electron chi connectivity index (χ3n) is 2.61. The Morgan fingerprint density at radius 3 is 2.90 bits per heavy atom. The van der Waals surface area contributed by atoms with E-state index in [1.165, 1.54) is 23.2 Å². The fourth-order valence-corrected chi connectivity index (χ4v) is 1.84. The zero-order valence-electron chi connectivity index (χ0n) is 10.2. The molecule has 1 N–H and O–H groups in total. The molecule has 5 nitrogen and oxygen atoms in total. The molecule has 3 rings (SSSR count). The Labute approximate surface area is 118 Å². The fourth-order valence-electron chi connectivity index (χ4n) is 1.66. The standard InChI is InChI=1S/C13H9FN4OS/c14-10-5-2-1-4-9(10)8-15-18-12(16-17-13(18)20)11-6-3-7-19-11/h1-8H,(H,17,20)/b15-8+. The number of rotatable bonds is 3. The lowest BCUT2D eigenvalue weighted by atomic mass is 10.2. The second-order valence-corrected chi connectivity index (χ2v) is 4.29. The molecule has 0 saturated heterocycles. The van der Waals surface area contributed by atoms with E-state index in [2.05, 4.69) is 15.3 Å². The van der Waals surface area contributed by atoms with Crippen molar-refractivity contribution in [2.45, 2.75) is 0 Å². The van der Waals surface area contributed by atoms with Crippen LogP contribution < -0.4 is 0 Å². The molecule has 3 aromatic rings. The van der Waals surface area contributed by atoms with Crippen molar-refractivity contribution in [2.75, 3.05) is 0 Å². The molecule has 0 saturated carbocycles. The van der Waals surface area contributed by atoms with Gasteiger partial charge in [0, 0.05) is 5.56 Å². The van der Waals surface area contributed by atoms with Crippen LogP contribution in [-0.2, 0) is 0 Å². The van der Waals surface area contributed by atoms with Crippen LogP contribution in [0, 0.1) is 10.6 Å². The molecule has 2 aromatic heterocycles. The number of nitrogens with one attached hydrogen (secondary N) is 1. The van der Waals surface area contributed by atoms with Gasteiger partial charge in [-0.3, -0.25) is 0 Å². The molecule has 0 radical (unpaired) electrons. The molecule has 0 unspecified atom stereocenters. The zero-order chi connectivity index (χ0) is 13.9. The van der Waals surface area contributed by atoms with Crippen molar-refractivity contribution in [3.63, 3.8) is 0 Å². The lowest BCUT2D eigenvalue weighted by molar-refractivity contribution is 0.573. The van der Waals surface area contributed by atoms with E-state index in [1.54, 1.807) is 30.3 Å². The first kappa shape index (κ1) is 12.5. The Hall–Kier alpha value is -2.54. The number of nitrogens with zero attached hydrogens (tertiary/aromatic N) is 3. The number of hydrogen-bond acceptors (Lipinski definition) is 4. The van der Waals surface area contributed by atoms with Crippen LogP contribution >= 0.6 is 12.2 Å². The molecule has 0 fully saturated rings. The Balaban J connectivity index is 2.02. The summed E-state index contributed by atoms with van der Waals surface area (Å²) in [6.07, 6.45) is 2.91. The molecule has 0 bridgehead atoms. The summed E-state index contributed by atoms with van der Waals surface area (Å²) >= 11 is 5.09. The number of aromatic nitrogens is 3. The Kier molecular flexibility index (Phi) is 3.26. The van der Waals surface area contributed by atoms with Crippen LogP contribution in [0.2, 0.25) is 0 Å². The largest absolute Gasteiger partial charge is 0.461 e. The number of halogens is 1. The van der Waals surface area contributed by atoms with E-state index >= 15 is 0 Å². The van der Waals surface area contributed by atoms with Crippen LogP contribution in [0.5, 0.6) is 0 Å². The van der Waals surface area contributed by atoms with Gasteiger partial charge < -0.3 is 4.42 Å². The van der Waals surface area contributed by atoms with Crippen LogP contribution in [0.15, 0.2) is 52.2 Å². The van der Waals surface area contributed by atoms with E-state index in [0.717, 1.165) is 0 Å². The topological polar surface area (TPSA) is 59.1 Å². The Bertz CT molecular complexity index is 804. The summed E-state index contributed by atoms with van der Waals surface area (Å²) in [5.74, 6) is 0.585. The molecular formula is C13H9FN4OS. The van der Waals surface area contributed by atoms with Gasteiger partial charge in [0.15, 0.2) is 5.76 Å². The maximum absolute atomic E-state index is 13.5. The SMILES string of the molecule is Fc1ccccc1/C=N/n1c(-c2ccco2)n[nH]c1=S. The van der Waals surface area contributed by atoms with Gasteiger partial charge in [-0.1, -0.05) is 18.2 Å².